The Kier molecular flexibility index (Phi) is 10.4. The molecule has 0 saturated heterocycles. The van der Waals surface area contributed by atoms with Crippen molar-refractivity contribution in [3.05, 3.63) is 12.2 Å². The number of aliphatic hydroxyl groups is 1. The van der Waals surface area contributed by atoms with E-state index in [2.05, 4.69) is 13.0 Å². The molecule has 21 heavy (non-hydrogen) atoms. The molecule has 0 rings (SSSR count). The highest BCUT2D eigenvalue weighted by molar-refractivity contribution is 5.69. The van der Waals surface area contributed by atoms with Gasteiger partial charge in [0.05, 0.1) is 19.1 Å². The zero-order valence-corrected chi connectivity index (χ0v) is 14.2. The third kappa shape index (κ3) is 6.62. The SMILES string of the molecule is CCC/C=C/CC(O)C[N+](CC)(CC)C(CCC)C(=O)[O-]. The molecule has 0 fully saturated rings. The van der Waals surface area contributed by atoms with Crippen molar-refractivity contribution in [2.75, 3.05) is 19.6 Å². The van der Waals surface area contributed by atoms with Crippen molar-refractivity contribution < 1.29 is 19.5 Å². The Hall–Kier alpha value is -0.870. The summed E-state index contributed by atoms with van der Waals surface area (Å²) in [6, 6.07) is -0.528. The lowest BCUT2D eigenvalue weighted by molar-refractivity contribution is -0.944. The van der Waals surface area contributed by atoms with Crippen LogP contribution in [0.25, 0.3) is 0 Å². The summed E-state index contributed by atoms with van der Waals surface area (Å²) in [5.41, 5.74) is 0. The second-order valence-corrected chi connectivity index (χ2v) is 5.81. The topological polar surface area (TPSA) is 60.4 Å². The summed E-state index contributed by atoms with van der Waals surface area (Å²) in [6.45, 7) is 9.97. The predicted molar refractivity (Wildman–Crippen MR) is 84.6 cm³/mol. The molecule has 0 amide bonds. The van der Waals surface area contributed by atoms with E-state index in [0.717, 1.165) is 19.3 Å². The van der Waals surface area contributed by atoms with Crippen molar-refractivity contribution in [2.24, 2.45) is 0 Å². The summed E-state index contributed by atoms with van der Waals surface area (Å²) in [5.74, 6) is -0.991. The van der Waals surface area contributed by atoms with Gasteiger partial charge in [0.1, 0.15) is 18.7 Å². The Morgan fingerprint density at radius 2 is 1.76 bits per heavy atom. The first-order valence-corrected chi connectivity index (χ1v) is 8.37. The van der Waals surface area contributed by atoms with Gasteiger partial charge in [-0.15, -0.1) is 0 Å². The third-order valence-electron chi connectivity index (χ3n) is 4.36. The summed E-state index contributed by atoms with van der Waals surface area (Å²) in [5, 5.41) is 21.8. The maximum absolute atomic E-state index is 11.5. The molecule has 0 aliphatic heterocycles. The Balaban J connectivity index is 4.88. The van der Waals surface area contributed by atoms with Gasteiger partial charge in [-0.25, -0.2) is 0 Å². The molecule has 1 N–H and O–H groups in total. The van der Waals surface area contributed by atoms with E-state index in [1.807, 2.05) is 26.8 Å². The van der Waals surface area contributed by atoms with Crippen molar-refractivity contribution in [3.8, 4) is 0 Å². The number of allylic oxidation sites excluding steroid dienone is 1. The number of aliphatic carboxylic acids is 1. The maximum atomic E-state index is 11.5. The average Bonchev–Trinajstić information content (AvgIpc) is 2.47. The van der Waals surface area contributed by atoms with Crippen molar-refractivity contribution in [1.29, 1.82) is 0 Å². The van der Waals surface area contributed by atoms with Crippen molar-refractivity contribution in [2.45, 2.75) is 71.9 Å². The van der Waals surface area contributed by atoms with Gasteiger partial charge >= 0.3 is 0 Å². The van der Waals surface area contributed by atoms with Gasteiger partial charge in [-0.05, 0) is 26.7 Å². The minimum absolute atomic E-state index is 0.402. The fourth-order valence-electron chi connectivity index (χ4n) is 2.97. The normalized spacial score (nSPS) is 15.3. The first-order chi connectivity index (χ1) is 9.97. The van der Waals surface area contributed by atoms with E-state index in [-0.39, 0.29) is 0 Å². The average molecular weight is 299 g/mol. The van der Waals surface area contributed by atoms with Gasteiger partial charge in [0.2, 0.25) is 0 Å². The lowest BCUT2D eigenvalue weighted by atomic mass is 10.0. The van der Waals surface area contributed by atoms with Crippen molar-refractivity contribution in [1.82, 2.24) is 0 Å². The molecule has 0 aromatic rings. The first-order valence-electron chi connectivity index (χ1n) is 8.37. The van der Waals surface area contributed by atoms with Crippen LogP contribution < -0.4 is 5.11 Å². The molecule has 0 spiro atoms. The van der Waals surface area contributed by atoms with Crippen LogP contribution >= 0.6 is 0 Å². The van der Waals surface area contributed by atoms with E-state index < -0.39 is 18.1 Å². The number of carboxylic acids is 1. The number of hydrogen-bond acceptors (Lipinski definition) is 3. The Bertz CT molecular complexity index is 311. The standard InChI is InChI=1S/C17H33NO3/c1-5-9-10-11-13-15(19)14-18(7-3,8-4)16(12-6-2)17(20)21/h10-11,15-16,19H,5-9,12-14H2,1-4H3/b11-10+. The van der Waals surface area contributed by atoms with Crippen molar-refractivity contribution in [3.63, 3.8) is 0 Å². The Morgan fingerprint density at radius 3 is 2.19 bits per heavy atom. The monoisotopic (exact) mass is 299 g/mol. The molecule has 0 aliphatic carbocycles. The minimum Gasteiger partial charge on any atom is -0.544 e. The van der Waals surface area contributed by atoms with Crippen LogP contribution in [0.4, 0.5) is 0 Å². The molecule has 4 heteroatoms. The lowest BCUT2D eigenvalue weighted by Gasteiger charge is -2.45. The predicted octanol–water partition coefficient (Wildman–Crippen LogP) is 1.87. The number of unbranched alkanes of at least 4 members (excludes halogenated alkanes) is 1. The van der Waals surface area contributed by atoms with Crippen LogP contribution in [0.3, 0.4) is 0 Å². The number of likely N-dealkylation sites (N-methyl/N-ethyl adjacent to an activating group) is 1. The van der Waals surface area contributed by atoms with Gasteiger partial charge in [-0.1, -0.05) is 38.8 Å². The van der Waals surface area contributed by atoms with E-state index in [4.69, 9.17) is 0 Å². The van der Waals surface area contributed by atoms with E-state index in [9.17, 15) is 15.0 Å². The quantitative estimate of drug-likeness (QED) is 0.442. The van der Waals surface area contributed by atoms with Crippen LogP contribution in [0, 0.1) is 0 Å². The van der Waals surface area contributed by atoms with Crippen LogP contribution in [0.1, 0.15) is 59.8 Å². The lowest BCUT2D eigenvalue weighted by Crippen LogP contribution is -2.63. The van der Waals surface area contributed by atoms with Gasteiger partial charge in [0, 0.05) is 6.42 Å². The zero-order valence-electron chi connectivity index (χ0n) is 14.2. The molecule has 4 nitrogen and oxygen atoms in total. The van der Waals surface area contributed by atoms with Crippen molar-refractivity contribution >= 4 is 5.97 Å². The van der Waals surface area contributed by atoms with Gasteiger partial charge < -0.3 is 19.5 Å². The molecule has 0 bridgehead atoms. The number of hydrogen-bond donors (Lipinski definition) is 1. The maximum Gasteiger partial charge on any atom is 0.129 e. The number of nitrogens with zero attached hydrogens (tertiary/aromatic N) is 1. The fraction of sp³-hybridized carbons (Fsp3) is 0.824. The summed E-state index contributed by atoms with van der Waals surface area (Å²) in [7, 11) is 0. The van der Waals surface area contributed by atoms with Crippen LogP contribution in [-0.2, 0) is 4.79 Å². The van der Waals surface area contributed by atoms with Gasteiger partial charge in [0.25, 0.3) is 0 Å². The van der Waals surface area contributed by atoms with Gasteiger partial charge in [-0.2, -0.15) is 0 Å². The third-order valence-corrected chi connectivity index (χ3v) is 4.36. The molecule has 2 unspecified atom stereocenters. The summed E-state index contributed by atoms with van der Waals surface area (Å²) in [6.07, 6.45) is 7.70. The van der Waals surface area contributed by atoms with E-state index in [0.29, 0.717) is 37.0 Å². The largest absolute Gasteiger partial charge is 0.544 e. The highest BCUT2D eigenvalue weighted by Crippen LogP contribution is 2.20. The molecule has 0 saturated carbocycles. The Morgan fingerprint density at radius 1 is 1.14 bits per heavy atom. The molecular weight excluding hydrogens is 266 g/mol. The van der Waals surface area contributed by atoms with E-state index in [1.165, 1.54) is 0 Å². The molecule has 2 atom stereocenters. The zero-order chi connectivity index (χ0) is 16.3. The molecule has 0 aromatic carbocycles. The number of carbonyl (C=O) groups is 1. The highest BCUT2D eigenvalue weighted by atomic mass is 16.4. The van der Waals surface area contributed by atoms with Crippen LogP contribution in [-0.4, -0.2) is 47.3 Å². The second kappa shape index (κ2) is 10.8. The van der Waals surface area contributed by atoms with Crippen LogP contribution in [0.2, 0.25) is 0 Å². The minimum atomic E-state index is -0.991. The number of carboxylic acid groups (broad SMARTS) is 1. The number of aliphatic hydroxyl groups excluding tert-OH is 1. The number of carbonyl (C=O) groups excluding carboxylic acids is 1. The molecule has 0 heterocycles. The first kappa shape index (κ1) is 20.1. The van der Waals surface area contributed by atoms with Crippen LogP contribution in [0.15, 0.2) is 12.2 Å². The summed E-state index contributed by atoms with van der Waals surface area (Å²) >= 11 is 0. The highest BCUT2D eigenvalue weighted by Gasteiger charge is 2.36. The van der Waals surface area contributed by atoms with E-state index >= 15 is 0 Å². The van der Waals surface area contributed by atoms with Crippen LogP contribution in [0.5, 0.6) is 0 Å². The molecule has 0 radical (unpaired) electrons. The number of rotatable bonds is 12. The Labute approximate surface area is 130 Å². The second-order valence-electron chi connectivity index (χ2n) is 5.81. The summed E-state index contributed by atoms with van der Waals surface area (Å²) < 4.78 is 0.402. The fourth-order valence-corrected chi connectivity index (χ4v) is 2.97. The summed E-state index contributed by atoms with van der Waals surface area (Å²) in [4.78, 5) is 11.5. The number of quaternary nitrogens is 1. The molecule has 0 aliphatic rings. The van der Waals surface area contributed by atoms with Gasteiger partial charge in [-0.3, -0.25) is 0 Å². The van der Waals surface area contributed by atoms with Gasteiger partial charge in [0.15, 0.2) is 0 Å². The molecular formula is C17H33NO3. The van der Waals surface area contributed by atoms with E-state index in [1.54, 1.807) is 0 Å². The molecule has 0 aromatic heterocycles. The molecule has 124 valence electrons. The smallest absolute Gasteiger partial charge is 0.129 e.